The lowest BCUT2D eigenvalue weighted by atomic mass is 10.1. The number of hydrogen-bond acceptors (Lipinski definition) is 5. The van der Waals surface area contributed by atoms with Crippen molar-refractivity contribution < 1.29 is 13.2 Å². The van der Waals surface area contributed by atoms with Gasteiger partial charge in [-0.2, -0.15) is 0 Å². The molecular weight excluding hydrogens is 266 g/mol. The molecule has 19 heavy (non-hydrogen) atoms. The van der Waals surface area contributed by atoms with Crippen LogP contribution in [0.15, 0.2) is 23.4 Å². The Bertz CT molecular complexity index is 495. The van der Waals surface area contributed by atoms with Crippen molar-refractivity contribution in [3.8, 4) is 0 Å². The average Bonchev–Trinajstić information content (AvgIpc) is 2.40. The number of ether oxygens (including phenoxy) is 1. The smallest absolute Gasteiger partial charge is 0.258 e. The summed E-state index contributed by atoms with van der Waals surface area (Å²) >= 11 is 0. The maximum atomic E-state index is 12.1. The van der Waals surface area contributed by atoms with Crippen LogP contribution >= 0.6 is 0 Å². The molecule has 0 spiro atoms. The van der Waals surface area contributed by atoms with Gasteiger partial charge in [0.25, 0.3) is 10.0 Å². The number of hydrogen-bond donors (Lipinski definition) is 2. The Balaban J connectivity index is 2.05. The van der Waals surface area contributed by atoms with Crippen LogP contribution < -0.4 is 10.0 Å². The summed E-state index contributed by atoms with van der Waals surface area (Å²) in [6.45, 7) is 1.87. The Hall–Kier alpha value is -1.02. The van der Waals surface area contributed by atoms with Crippen LogP contribution in [0.3, 0.4) is 0 Å². The van der Waals surface area contributed by atoms with Gasteiger partial charge in [0.1, 0.15) is 0 Å². The third-order valence-corrected chi connectivity index (χ3v) is 4.43. The molecule has 0 aliphatic carbocycles. The predicted molar refractivity (Wildman–Crippen MR) is 71.2 cm³/mol. The van der Waals surface area contributed by atoms with E-state index >= 15 is 0 Å². The Labute approximate surface area is 113 Å². The maximum absolute atomic E-state index is 12.1. The molecule has 0 aromatic carbocycles. The van der Waals surface area contributed by atoms with Crippen molar-refractivity contribution >= 4 is 10.0 Å². The summed E-state index contributed by atoms with van der Waals surface area (Å²) in [6, 6.07) is 3.24. The SMILES string of the molecule is CNCc1ccc(S(=O)(=O)NC2CCOCC2)nc1. The van der Waals surface area contributed by atoms with E-state index < -0.39 is 10.0 Å². The van der Waals surface area contributed by atoms with Gasteiger partial charge in [-0.3, -0.25) is 0 Å². The second kappa shape index (κ2) is 6.42. The first kappa shape index (κ1) is 14.4. The molecule has 1 aromatic heterocycles. The van der Waals surface area contributed by atoms with E-state index in [1.54, 1.807) is 12.3 Å². The summed E-state index contributed by atoms with van der Waals surface area (Å²) in [4.78, 5) is 4.01. The summed E-state index contributed by atoms with van der Waals surface area (Å²) in [5.74, 6) is 0. The molecule has 0 unspecified atom stereocenters. The van der Waals surface area contributed by atoms with Gasteiger partial charge in [0, 0.05) is 32.0 Å². The van der Waals surface area contributed by atoms with E-state index in [2.05, 4.69) is 15.0 Å². The lowest BCUT2D eigenvalue weighted by Gasteiger charge is -2.22. The molecule has 106 valence electrons. The fourth-order valence-electron chi connectivity index (χ4n) is 1.97. The Morgan fingerprint density at radius 1 is 1.37 bits per heavy atom. The van der Waals surface area contributed by atoms with Crippen molar-refractivity contribution in [1.29, 1.82) is 0 Å². The molecule has 2 heterocycles. The summed E-state index contributed by atoms with van der Waals surface area (Å²) in [5.41, 5.74) is 0.951. The van der Waals surface area contributed by atoms with Gasteiger partial charge in [0.05, 0.1) is 0 Å². The molecule has 2 rings (SSSR count). The minimum absolute atomic E-state index is 0.0578. The molecule has 1 aliphatic heterocycles. The molecule has 1 fully saturated rings. The molecule has 1 saturated heterocycles. The van der Waals surface area contributed by atoms with Gasteiger partial charge < -0.3 is 10.1 Å². The van der Waals surface area contributed by atoms with Crippen molar-refractivity contribution in [2.45, 2.75) is 30.5 Å². The second-order valence-corrected chi connectivity index (χ2v) is 6.20. The van der Waals surface area contributed by atoms with Crippen molar-refractivity contribution in [3.05, 3.63) is 23.9 Å². The first-order valence-electron chi connectivity index (χ1n) is 6.31. The van der Waals surface area contributed by atoms with Crippen LogP contribution in [0, 0.1) is 0 Å². The van der Waals surface area contributed by atoms with Crippen LogP contribution in [-0.2, 0) is 21.3 Å². The number of sulfonamides is 1. The molecule has 0 saturated carbocycles. The number of aromatic nitrogens is 1. The monoisotopic (exact) mass is 285 g/mol. The largest absolute Gasteiger partial charge is 0.381 e. The van der Waals surface area contributed by atoms with E-state index in [0.29, 0.717) is 32.6 Å². The van der Waals surface area contributed by atoms with E-state index in [0.717, 1.165) is 5.56 Å². The van der Waals surface area contributed by atoms with Crippen molar-refractivity contribution in [1.82, 2.24) is 15.0 Å². The third kappa shape index (κ3) is 3.97. The van der Waals surface area contributed by atoms with Crippen molar-refractivity contribution in [3.63, 3.8) is 0 Å². The maximum Gasteiger partial charge on any atom is 0.258 e. The number of pyridine rings is 1. The quantitative estimate of drug-likeness (QED) is 0.811. The minimum atomic E-state index is -3.53. The van der Waals surface area contributed by atoms with Gasteiger partial charge in [-0.25, -0.2) is 18.1 Å². The highest BCUT2D eigenvalue weighted by molar-refractivity contribution is 7.89. The lowest BCUT2D eigenvalue weighted by Crippen LogP contribution is -2.39. The van der Waals surface area contributed by atoms with E-state index in [1.165, 1.54) is 6.07 Å². The highest BCUT2D eigenvalue weighted by atomic mass is 32.2. The highest BCUT2D eigenvalue weighted by Gasteiger charge is 2.22. The molecule has 0 atom stereocenters. The van der Waals surface area contributed by atoms with Gasteiger partial charge in [0.2, 0.25) is 0 Å². The summed E-state index contributed by atoms with van der Waals surface area (Å²) in [5, 5.41) is 3.06. The van der Waals surface area contributed by atoms with Crippen LogP contribution in [-0.4, -0.2) is 39.7 Å². The molecule has 0 radical (unpaired) electrons. The van der Waals surface area contributed by atoms with Crippen LogP contribution in [0.1, 0.15) is 18.4 Å². The predicted octanol–water partition coefficient (Wildman–Crippen LogP) is 0.258. The molecule has 7 heteroatoms. The van der Waals surface area contributed by atoms with Crippen LogP contribution in [0.5, 0.6) is 0 Å². The van der Waals surface area contributed by atoms with Gasteiger partial charge in [-0.1, -0.05) is 6.07 Å². The zero-order valence-electron chi connectivity index (χ0n) is 10.9. The number of nitrogens with zero attached hydrogens (tertiary/aromatic N) is 1. The number of rotatable bonds is 5. The Morgan fingerprint density at radius 2 is 2.11 bits per heavy atom. The van der Waals surface area contributed by atoms with Crippen LogP contribution in [0.2, 0.25) is 0 Å². The van der Waals surface area contributed by atoms with Crippen molar-refractivity contribution in [2.75, 3.05) is 20.3 Å². The molecule has 2 N–H and O–H groups in total. The summed E-state index contributed by atoms with van der Waals surface area (Å²) in [7, 11) is -1.70. The molecule has 1 aromatic rings. The molecule has 0 bridgehead atoms. The first-order valence-corrected chi connectivity index (χ1v) is 7.80. The fraction of sp³-hybridized carbons (Fsp3) is 0.583. The van der Waals surface area contributed by atoms with Crippen molar-refractivity contribution in [2.24, 2.45) is 0 Å². The van der Waals surface area contributed by atoms with E-state index in [1.807, 2.05) is 7.05 Å². The van der Waals surface area contributed by atoms with Crippen LogP contribution in [0.25, 0.3) is 0 Å². The van der Waals surface area contributed by atoms with Gasteiger partial charge in [-0.15, -0.1) is 0 Å². The second-order valence-electron chi connectivity index (χ2n) is 4.54. The molecule has 0 amide bonds. The highest BCUT2D eigenvalue weighted by Crippen LogP contribution is 2.12. The summed E-state index contributed by atoms with van der Waals surface area (Å²) < 4.78 is 32.2. The zero-order valence-corrected chi connectivity index (χ0v) is 11.7. The van der Waals surface area contributed by atoms with Gasteiger partial charge >= 0.3 is 0 Å². The Kier molecular flexibility index (Phi) is 4.87. The first-order chi connectivity index (χ1) is 9.12. The zero-order chi connectivity index (χ0) is 13.7. The van der Waals surface area contributed by atoms with E-state index in [4.69, 9.17) is 4.74 Å². The molecule has 1 aliphatic rings. The molecule has 6 nitrogen and oxygen atoms in total. The topological polar surface area (TPSA) is 80.3 Å². The van der Waals surface area contributed by atoms with E-state index in [9.17, 15) is 8.42 Å². The molecular formula is C12H19N3O3S. The van der Waals surface area contributed by atoms with Gasteiger partial charge in [0.15, 0.2) is 5.03 Å². The fourth-order valence-corrected chi connectivity index (χ4v) is 3.21. The minimum Gasteiger partial charge on any atom is -0.381 e. The van der Waals surface area contributed by atoms with Gasteiger partial charge in [-0.05, 0) is 31.5 Å². The lowest BCUT2D eigenvalue weighted by molar-refractivity contribution is 0.0832. The van der Waals surface area contributed by atoms with Crippen LogP contribution in [0.4, 0.5) is 0 Å². The summed E-state index contributed by atoms with van der Waals surface area (Å²) in [6.07, 6.45) is 2.99. The average molecular weight is 285 g/mol. The standard InChI is InChI=1S/C12H19N3O3S/c1-13-8-10-2-3-12(14-9-10)19(16,17)15-11-4-6-18-7-5-11/h2-3,9,11,13,15H,4-8H2,1H3. The number of nitrogens with one attached hydrogen (secondary N) is 2. The third-order valence-electron chi connectivity index (χ3n) is 3.00. The van der Waals surface area contributed by atoms with E-state index in [-0.39, 0.29) is 11.1 Å². The Morgan fingerprint density at radius 3 is 2.68 bits per heavy atom. The normalized spacial score (nSPS) is 17.5.